The van der Waals surface area contributed by atoms with Gasteiger partial charge in [-0.05, 0) is 44.2 Å². The summed E-state index contributed by atoms with van der Waals surface area (Å²) in [7, 11) is 0. The number of hydrogen-bond acceptors (Lipinski definition) is 3. The van der Waals surface area contributed by atoms with E-state index in [2.05, 4.69) is 20.8 Å². The molecule has 1 rings (SSSR count). The largest absolute Gasteiger partial charge is 0.456 e. The molecule has 0 aliphatic rings. The average Bonchev–Trinajstić information content (AvgIpc) is 2.32. The summed E-state index contributed by atoms with van der Waals surface area (Å²) >= 11 is 0. The van der Waals surface area contributed by atoms with Crippen molar-refractivity contribution in [1.29, 1.82) is 0 Å². The van der Waals surface area contributed by atoms with Gasteiger partial charge in [0.25, 0.3) is 0 Å². The molecule has 3 heteroatoms. The van der Waals surface area contributed by atoms with Crippen LogP contribution in [0.4, 0.5) is 0 Å². The Morgan fingerprint density at radius 3 is 2.19 bits per heavy atom. The van der Waals surface area contributed by atoms with E-state index >= 15 is 0 Å². The molecule has 0 bridgehead atoms. The van der Waals surface area contributed by atoms with Crippen LogP contribution in [0.3, 0.4) is 0 Å². The van der Waals surface area contributed by atoms with Crippen molar-refractivity contribution in [3.8, 4) is 0 Å². The van der Waals surface area contributed by atoms with Crippen molar-refractivity contribution >= 4 is 5.97 Å². The Morgan fingerprint density at radius 1 is 1.10 bits per heavy atom. The normalized spacial score (nSPS) is 12.3. The number of esters is 1. The van der Waals surface area contributed by atoms with Gasteiger partial charge in [0.2, 0.25) is 0 Å². The highest BCUT2D eigenvalue weighted by molar-refractivity contribution is 5.93. The summed E-state index contributed by atoms with van der Waals surface area (Å²) in [5, 5.41) is 0. The number of ether oxygens (including phenoxy) is 2. The summed E-state index contributed by atoms with van der Waals surface area (Å²) in [6, 6.07) is 5.90. The molecule has 0 saturated heterocycles. The maximum absolute atomic E-state index is 12.6. The van der Waals surface area contributed by atoms with Gasteiger partial charge < -0.3 is 9.47 Å². The average molecular weight is 292 g/mol. The lowest BCUT2D eigenvalue weighted by atomic mass is 9.82. The van der Waals surface area contributed by atoms with Crippen LogP contribution in [-0.4, -0.2) is 18.2 Å². The molecule has 0 fully saturated rings. The monoisotopic (exact) mass is 292 g/mol. The second-order valence-electron chi connectivity index (χ2n) is 7.23. The first kappa shape index (κ1) is 17.7. The second kappa shape index (κ2) is 6.61. The molecule has 0 amide bonds. The molecule has 0 aliphatic heterocycles. The van der Waals surface area contributed by atoms with Crippen molar-refractivity contribution in [1.82, 2.24) is 0 Å². The van der Waals surface area contributed by atoms with Crippen LogP contribution in [0.15, 0.2) is 18.2 Å². The van der Waals surface area contributed by atoms with Crippen molar-refractivity contribution in [3.05, 3.63) is 34.9 Å². The Kier molecular flexibility index (Phi) is 5.57. The lowest BCUT2D eigenvalue weighted by Gasteiger charge is -2.26. The van der Waals surface area contributed by atoms with Gasteiger partial charge in [-0.2, -0.15) is 0 Å². The molecule has 118 valence electrons. The minimum atomic E-state index is -0.509. The maximum atomic E-state index is 12.6. The fourth-order valence-electron chi connectivity index (χ4n) is 2.13. The van der Waals surface area contributed by atoms with E-state index in [0.717, 1.165) is 11.1 Å². The summed E-state index contributed by atoms with van der Waals surface area (Å²) in [5.41, 5.74) is 1.89. The molecule has 21 heavy (non-hydrogen) atoms. The van der Waals surface area contributed by atoms with E-state index in [0.29, 0.717) is 18.8 Å². The SMILES string of the molecule is CCOCc1cccc(C(C)(C)C)c1C(=O)OC(C)(C)C. The van der Waals surface area contributed by atoms with Gasteiger partial charge in [-0.15, -0.1) is 0 Å². The third-order valence-electron chi connectivity index (χ3n) is 3.02. The molecule has 0 unspecified atom stereocenters. The molecule has 1 aromatic rings. The van der Waals surface area contributed by atoms with Gasteiger partial charge in [0.05, 0.1) is 12.2 Å². The maximum Gasteiger partial charge on any atom is 0.339 e. The lowest BCUT2D eigenvalue weighted by molar-refractivity contribution is 0.00622. The fourth-order valence-corrected chi connectivity index (χ4v) is 2.13. The van der Waals surface area contributed by atoms with Gasteiger partial charge in [0.1, 0.15) is 5.60 Å². The van der Waals surface area contributed by atoms with Crippen LogP contribution >= 0.6 is 0 Å². The van der Waals surface area contributed by atoms with E-state index in [1.165, 1.54) is 0 Å². The molecule has 1 aromatic carbocycles. The topological polar surface area (TPSA) is 35.5 Å². The Hall–Kier alpha value is -1.35. The quantitative estimate of drug-likeness (QED) is 0.768. The van der Waals surface area contributed by atoms with Crippen LogP contribution in [0.25, 0.3) is 0 Å². The molecule has 3 nitrogen and oxygen atoms in total. The third-order valence-corrected chi connectivity index (χ3v) is 3.02. The van der Waals surface area contributed by atoms with Crippen LogP contribution < -0.4 is 0 Å². The second-order valence-corrected chi connectivity index (χ2v) is 7.23. The Labute approximate surface area is 128 Å². The van der Waals surface area contributed by atoms with Gasteiger partial charge in [0.15, 0.2) is 0 Å². The first-order chi connectivity index (χ1) is 9.56. The van der Waals surface area contributed by atoms with Crippen molar-refractivity contribution < 1.29 is 14.3 Å². The standard InChI is InChI=1S/C18H28O3/c1-8-20-12-13-10-9-11-14(17(2,3)4)15(13)16(19)21-18(5,6)7/h9-11H,8,12H2,1-7H3. The van der Waals surface area contributed by atoms with Crippen LogP contribution in [0.2, 0.25) is 0 Å². The zero-order valence-electron chi connectivity index (χ0n) is 14.4. The Balaban J connectivity index is 3.31. The highest BCUT2D eigenvalue weighted by Gasteiger charge is 2.27. The van der Waals surface area contributed by atoms with Crippen LogP contribution in [0.5, 0.6) is 0 Å². The number of carbonyl (C=O) groups excluding carboxylic acids is 1. The van der Waals surface area contributed by atoms with Crippen LogP contribution in [0, 0.1) is 0 Å². The van der Waals surface area contributed by atoms with E-state index < -0.39 is 5.60 Å². The smallest absolute Gasteiger partial charge is 0.339 e. The van der Waals surface area contributed by atoms with E-state index in [4.69, 9.17) is 9.47 Å². The molecule has 0 saturated carbocycles. The predicted molar refractivity (Wildman–Crippen MR) is 85.6 cm³/mol. The van der Waals surface area contributed by atoms with Gasteiger partial charge >= 0.3 is 5.97 Å². The van der Waals surface area contributed by atoms with E-state index in [1.54, 1.807) is 0 Å². The molecule has 0 N–H and O–H groups in total. The highest BCUT2D eigenvalue weighted by atomic mass is 16.6. The number of rotatable bonds is 4. The summed E-state index contributed by atoms with van der Waals surface area (Å²) in [6.07, 6.45) is 0. The van der Waals surface area contributed by atoms with Crippen LogP contribution in [-0.2, 0) is 21.5 Å². The molecule has 0 heterocycles. The number of hydrogen-bond donors (Lipinski definition) is 0. The van der Waals surface area contributed by atoms with Crippen LogP contribution in [0.1, 0.15) is 70.0 Å². The Bertz CT molecular complexity index is 490. The van der Waals surface area contributed by atoms with Gasteiger partial charge in [-0.3, -0.25) is 0 Å². The molecule has 0 spiro atoms. The molecule has 0 aromatic heterocycles. The number of carbonyl (C=O) groups is 1. The van der Waals surface area contributed by atoms with Gasteiger partial charge in [0, 0.05) is 6.61 Å². The molecular formula is C18H28O3. The zero-order valence-corrected chi connectivity index (χ0v) is 14.4. The van der Waals surface area contributed by atoms with E-state index in [1.807, 2.05) is 45.9 Å². The summed E-state index contributed by atoms with van der Waals surface area (Å²) < 4.78 is 11.1. The molecule has 0 radical (unpaired) electrons. The van der Waals surface area contributed by atoms with Gasteiger partial charge in [-0.1, -0.05) is 39.0 Å². The minimum absolute atomic E-state index is 0.130. The third kappa shape index (κ3) is 5.16. The summed E-state index contributed by atoms with van der Waals surface area (Å²) in [6.45, 7) is 14.9. The highest BCUT2D eigenvalue weighted by Crippen LogP contribution is 2.30. The van der Waals surface area contributed by atoms with Crippen molar-refractivity contribution in [3.63, 3.8) is 0 Å². The number of benzene rings is 1. The molecule has 0 atom stereocenters. The molecule has 0 aliphatic carbocycles. The fraction of sp³-hybridized carbons (Fsp3) is 0.611. The zero-order chi connectivity index (χ0) is 16.3. The molecular weight excluding hydrogens is 264 g/mol. The Morgan fingerprint density at radius 2 is 1.71 bits per heavy atom. The van der Waals surface area contributed by atoms with Gasteiger partial charge in [-0.25, -0.2) is 4.79 Å². The first-order valence-corrected chi connectivity index (χ1v) is 7.49. The van der Waals surface area contributed by atoms with Crippen molar-refractivity contribution in [2.24, 2.45) is 0 Å². The summed E-state index contributed by atoms with van der Waals surface area (Å²) in [4.78, 5) is 12.6. The van der Waals surface area contributed by atoms with E-state index in [9.17, 15) is 4.79 Å². The van der Waals surface area contributed by atoms with Crippen molar-refractivity contribution in [2.75, 3.05) is 6.61 Å². The first-order valence-electron chi connectivity index (χ1n) is 7.49. The predicted octanol–water partition coefficient (Wildman–Crippen LogP) is 4.48. The van der Waals surface area contributed by atoms with Crippen molar-refractivity contribution in [2.45, 2.75) is 66.1 Å². The minimum Gasteiger partial charge on any atom is -0.456 e. The lowest BCUT2D eigenvalue weighted by Crippen LogP contribution is -2.27. The van der Waals surface area contributed by atoms with E-state index in [-0.39, 0.29) is 11.4 Å². The summed E-state index contributed by atoms with van der Waals surface area (Å²) in [5.74, 6) is -0.275.